The fourth-order valence-corrected chi connectivity index (χ4v) is 1.11. The van der Waals surface area contributed by atoms with Crippen molar-refractivity contribution in [3.05, 3.63) is 29.8 Å². The average Bonchev–Trinajstić information content (AvgIpc) is 2.19. The Bertz CT molecular complexity index is 293. The van der Waals surface area contributed by atoms with Crippen LogP contribution in [0, 0.1) is 0 Å². The van der Waals surface area contributed by atoms with Crippen LogP contribution >= 0.6 is 0 Å². The molecule has 0 atom stereocenters. The van der Waals surface area contributed by atoms with Gasteiger partial charge >= 0.3 is 6.09 Å². The molecule has 1 aromatic rings. The van der Waals surface area contributed by atoms with E-state index >= 15 is 0 Å². The monoisotopic (exact) mass is 193 g/mol. The highest BCUT2D eigenvalue weighted by Gasteiger charge is 2.00. The number of anilines is 1. The maximum atomic E-state index is 11.0. The van der Waals surface area contributed by atoms with Crippen molar-refractivity contribution in [3.8, 4) is 0 Å². The summed E-state index contributed by atoms with van der Waals surface area (Å²) < 4.78 is 4.75. The zero-order chi connectivity index (χ0) is 10.4. The largest absolute Gasteiger partial charge is 0.450 e. The summed E-state index contributed by atoms with van der Waals surface area (Å²) in [6.45, 7) is 4.26. The van der Waals surface area contributed by atoms with Gasteiger partial charge in [-0.05, 0) is 31.0 Å². The topological polar surface area (TPSA) is 38.3 Å². The van der Waals surface area contributed by atoms with Crippen molar-refractivity contribution in [1.82, 2.24) is 0 Å². The highest BCUT2D eigenvalue weighted by Crippen LogP contribution is 2.09. The van der Waals surface area contributed by atoms with Crippen LogP contribution in [-0.2, 0) is 11.2 Å². The first-order chi connectivity index (χ1) is 6.76. The molecule has 0 spiro atoms. The number of benzene rings is 1. The van der Waals surface area contributed by atoms with E-state index in [0.29, 0.717) is 6.61 Å². The van der Waals surface area contributed by atoms with Crippen LogP contribution in [0.25, 0.3) is 0 Å². The van der Waals surface area contributed by atoms with E-state index in [1.807, 2.05) is 24.3 Å². The van der Waals surface area contributed by atoms with E-state index in [2.05, 4.69) is 12.2 Å². The zero-order valence-corrected chi connectivity index (χ0v) is 8.54. The minimum Gasteiger partial charge on any atom is -0.450 e. The number of aryl methyl sites for hydroxylation is 1. The number of hydrogen-bond acceptors (Lipinski definition) is 2. The number of ether oxygens (including phenoxy) is 1. The van der Waals surface area contributed by atoms with E-state index in [0.717, 1.165) is 12.1 Å². The second-order valence-corrected chi connectivity index (χ2v) is 2.90. The van der Waals surface area contributed by atoms with E-state index < -0.39 is 6.09 Å². The minimum absolute atomic E-state index is 0.388. The summed E-state index contributed by atoms with van der Waals surface area (Å²) in [4.78, 5) is 11.0. The maximum Gasteiger partial charge on any atom is 0.411 e. The molecule has 0 aliphatic carbocycles. The van der Waals surface area contributed by atoms with Gasteiger partial charge in [0, 0.05) is 5.69 Å². The number of amides is 1. The van der Waals surface area contributed by atoms with E-state index in [9.17, 15) is 4.79 Å². The number of nitrogens with one attached hydrogen (secondary N) is 1. The standard InChI is InChI=1S/C11H15NO2/c1-3-9-5-7-10(8-6-9)12-11(13)14-4-2/h5-8H,3-4H2,1-2H3,(H,12,13). The Balaban J connectivity index is 2.55. The van der Waals surface area contributed by atoms with Gasteiger partial charge in [0.2, 0.25) is 0 Å². The third-order valence-electron chi connectivity index (χ3n) is 1.88. The summed E-state index contributed by atoms with van der Waals surface area (Å²) in [5.41, 5.74) is 2.01. The van der Waals surface area contributed by atoms with Crippen LogP contribution in [-0.4, -0.2) is 12.7 Å². The van der Waals surface area contributed by atoms with Gasteiger partial charge in [0.25, 0.3) is 0 Å². The van der Waals surface area contributed by atoms with Gasteiger partial charge in [0.1, 0.15) is 0 Å². The first kappa shape index (κ1) is 10.6. The van der Waals surface area contributed by atoms with Gasteiger partial charge < -0.3 is 4.74 Å². The SMILES string of the molecule is CCOC(=O)Nc1ccc(CC)cc1. The van der Waals surface area contributed by atoms with E-state index in [1.165, 1.54) is 5.56 Å². The Kier molecular flexibility index (Phi) is 3.98. The molecular weight excluding hydrogens is 178 g/mol. The number of rotatable bonds is 3. The predicted octanol–water partition coefficient (Wildman–Crippen LogP) is 2.82. The lowest BCUT2D eigenvalue weighted by atomic mass is 10.1. The zero-order valence-electron chi connectivity index (χ0n) is 8.54. The van der Waals surface area contributed by atoms with Gasteiger partial charge in [-0.3, -0.25) is 5.32 Å². The number of carbonyl (C=O) groups is 1. The van der Waals surface area contributed by atoms with Crippen LogP contribution in [0.2, 0.25) is 0 Å². The lowest BCUT2D eigenvalue weighted by Gasteiger charge is -2.05. The third-order valence-corrected chi connectivity index (χ3v) is 1.88. The quantitative estimate of drug-likeness (QED) is 0.801. The second-order valence-electron chi connectivity index (χ2n) is 2.90. The lowest BCUT2D eigenvalue weighted by molar-refractivity contribution is 0.168. The van der Waals surface area contributed by atoms with Crippen LogP contribution in [0.15, 0.2) is 24.3 Å². The van der Waals surface area contributed by atoms with E-state index in [-0.39, 0.29) is 0 Å². The Labute approximate surface area is 84.1 Å². The fourth-order valence-electron chi connectivity index (χ4n) is 1.11. The molecule has 1 N–H and O–H groups in total. The molecule has 0 saturated carbocycles. The fraction of sp³-hybridized carbons (Fsp3) is 0.364. The molecule has 0 bridgehead atoms. The molecule has 3 nitrogen and oxygen atoms in total. The van der Waals surface area contributed by atoms with Crippen molar-refractivity contribution in [3.63, 3.8) is 0 Å². The van der Waals surface area contributed by atoms with Crippen LogP contribution in [0.1, 0.15) is 19.4 Å². The highest BCUT2D eigenvalue weighted by molar-refractivity contribution is 5.84. The molecular formula is C11H15NO2. The van der Waals surface area contributed by atoms with Gasteiger partial charge in [0.15, 0.2) is 0 Å². The summed E-state index contributed by atoms with van der Waals surface area (Å²) in [5.74, 6) is 0. The Morgan fingerprint density at radius 3 is 2.43 bits per heavy atom. The summed E-state index contributed by atoms with van der Waals surface area (Å²) in [6, 6.07) is 7.72. The molecule has 3 heteroatoms. The van der Waals surface area contributed by atoms with Crippen molar-refractivity contribution in [2.24, 2.45) is 0 Å². The maximum absolute atomic E-state index is 11.0. The Hall–Kier alpha value is -1.51. The lowest BCUT2D eigenvalue weighted by Crippen LogP contribution is -2.13. The molecule has 1 aromatic carbocycles. The van der Waals surface area contributed by atoms with Crippen molar-refractivity contribution in [2.75, 3.05) is 11.9 Å². The summed E-state index contributed by atoms with van der Waals surface area (Å²) in [6.07, 6.45) is 0.594. The van der Waals surface area contributed by atoms with Crippen LogP contribution < -0.4 is 5.32 Å². The molecule has 0 heterocycles. The molecule has 0 aliphatic rings. The van der Waals surface area contributed by atoms with Crippen LogP contribution in [0.5, 0.6) is 0 Å². The molecule has 0 saturated heterocycles. The van der Waals surface area contributed by atoms with Gasteiger partial charge in [-0.1, -0.05) is 19.1 Å². The Morgan fingerprint density at radius 1 is 1.29 bits per heavy atom. The van der Waals surface area contributed by atoms with Crippen molar-refractivity contribution >= 4 is 11.8 Å². The highest BCUT2D eigenvalue weighted by atomic mass is 16.5. The predicted molar refractivity (Wildman–Crippen MR) is 56.5 cm³/mol. The molecule has 0 radical (unpaired) electrons. The van der Waals surface area contributed by atoms with Gasteiger partial charge in [-0.25, -0.2) is 4.79 Å². The Morgan fingerprint density at radius 2 is 1.93 bits per heavy atom. The van der Waals surface area contributed by atoms with Gasteiger partial charge in [0.05, 0.1) is 6.61 Å². The summed E-state index contributed by atoms with van der Waals surface area (Å²) in [5, 5.41) is 2.63. The van der Waals surface area contributed by atoms with Crippen molar-refractivity contribution < 1.29 is 9.53 Å². The third kappa shape index (κ3) is 3.09. The van der Waals surface area contributed by atoms with Crippen molar-refractivity contribution in [1.29, 1.82) is 0 Å². The van der Waals surface area contributed by atoms with E-state index in [1.54, 1.807) is 6.92 Å². The first-order valence-electron chi connectivity index (χ1n) is 4.79. The molecule has 0 aliphatic heterocycles. The average molecular weight is 193 g/mol. The molecule has 76 valence electrons. The van der Waals surface area contributed by atoms with Gasteiger partial charge in [-0.15, -0.1) is 0 Å². The van der Waals surface area contributed by atoms with Gasteiger partial charge in [-0.2, -0.15) is 0 Å². The number of carbonyl (C=O) groups excluding carboxylic acids is 1. The minimum atomic E-state index is -0.406. The van der Waals surface area contributed by atoms with Crippen LogP contribution in [0.3, 0.4) is 0 Å². The van der Waals surface area contributed by atoms with E-state index in [4.69, 9.17) is 4.74 Å². The summed E-state index contributed by atoms with van der Waals surface area (Å²) >= 11 is 0. The second kappa shape index (κ2) is 5.27. The number of hydrogen-bond donors (Lipinski definition) is 1. The molecule has 0 aromatic heterocycles. The smallest absolute Gasteiger partial charge is 0.411 e. The van der Waals surface area contributed by atoms with Crippen LogP contribution in [0.4, 0.5) is 10.5 Å². The molecule has 1 amide bonds. The normalized spacial score (nSPS) is 9.57. The molecule has 0 fully saturated rings. The molecule has 0 unspecified atom stereocenters. The molecule has 1 rings (SSSR count). The van der Waals surface area contributed by atoms with Crippen molar-refractivity contribution in [2.45, 2.75) is 20.3 Å². The molecule has 14 heavy (non-hydrogen) atoms. The summed E-state index contributed by atoms with van der Waals surface area (Å²) in [7, 11) is 0. The first-order valence-corrected chi connectivity index (χ1v) is 4.79.